The first kappa shape index (κ1) is 15.4. The normalized spacial score (nSPS) is 17.4. The van der Waals surface area contributed by atoms with Gasteiger partial charge in [0.05, 0.1) is 30.2 Å². The number of nitrogens with one attached hydrogen (secondary N) is 2. The van der Waals surface area contributed by atoms with Crippen LogP contribution >= 0.6 is 23.6 Å². The first-order valence-electron chi connectivity index (χ1n) is 6.48. The minimum absolute atomic E-state index is 0.0179. The van der Waals surface area contributed by atoms with Crippen molar-refractivity contribution in [2.45, 2.75) is 6.04 Å². The van der Waals surface area contributed by atoms with Gasteiger partial charge in [-0.3, -0.25) is 4.79 Å². The van der Waals surface area contributed by atoms with Crippen molar-refractivity contribution in [1.82, 2.24) is 15.6 Å². The fourth-order valence-corrected chi connectivity index (χ4v) is 3.00. The standard InChI is InChI=1S/C14H11N3O4S2/c1-20-13(19)11-9(12(18)8-3-2-4-21-8)10(16-14(22)17-11)7-5-23-6-15-7/h2-6,10H,1H3,(H2,16,17,22)/t10-/m1/s1. The highest BCUT2D eigenvalue weighted by molar-refractivity contribution is 7.80. The van der Waals surface area contributed by atoms with Gasteiger partial charge in [0.15, 0.2) is 10.9 Å². The largest absolute Gasteiger partial charge is 0.464 e. The lowest BCUT2D eigenvalue weighted by atomic mass is 9.95. The van der Waals surface area contributed by atoms with E-state index in [2.05, 4.69) is 15.6 Å². The van der Waals surface area contributed by atoms with Crippen LogP contribution in [0.25, 0.3) is 0 Å². The molecule has 0 aromatic carbocycles. The Balaban J connectivity index is 2.16. The molecule has 118 valence electrons. The number of esters is 1. The van der Waals surface area contributed by atoms with Gasteiger partial charge in [0, 0.05) is 5.38 Å². The highest BCUT2D eigenvalue weighted by Gasteiger charge is 2.37. The molecule has 7 nitrogen and oxygen atoms in total. The number of carbonyl (C=O) groups is 2. The van der Waals surface area contributed by atoms with Crippen molar-refractivity contribution in [3.63, 3.8) is 0 Å². The summed E-state index contributed by atoms with van der Waals surface area (Å²) >= 11 is 6.49. The fourth-order valence-electron chi connectivity index (χ4n) is 2.20. The molecule has 0 aliphatic carbocycles. The predicted octanol–water partition coefficient (Wildman–Crippen LogP) is 1.56. The van der Waals surface area contributed by atoms with Gasteiger partial charge < -0.3 is 19.8 Å². The van der Waals surface area contributed by atoms with Gasteiger partial charge >= 0.3 is 5.97 Å². The van der Waals surface area contributed by atoms with E-state index in [0.29, 0.717) is 5.69 Å². The van der Waals surface area contributed by atoms with Crippen LogP contribution in [0.4, 0.5) is 0 Å². The van der Waals surface area contributed by atoms with Crippen LogP contribution in [0.15, 0.2) is 45.0 Å². The molecule has 0 amide bonds. The maximum Gasteiger partial charge on any atom is 0.355 e. The number of hydrogen-bond donors (Lipinski definition) is 2. The minimum atomic E-state index is -0.691. The summed E-state index contributed by atoms with van der Waals surface area (Å²) in [7, 11) is 1.23. The van der Waals surface area contributed by atoms with Gasteiger partial charge in [-0.2, -0.15) is 0 Å². The lowest BCUT2D eigenvalue weighted by molar-refractivity contribution is -0.136. The Labute approximate surface area is 140 Å². The summed E-state index contributed by atoms with van der Waals surface area (Å²) in [6, 6.07) is 2.45. The summed E-state index contributed by atoms with van der Waals surface area (Å²) in [4.78, 5) is 29.1. The number of methoxy groups -OCH3 is 1. The molecule has 0 radical (unpaired) electrons. The molecule has 1 aliphatic rings. The molecule has 0 unspecified atom stereocenters. The lowest BCUT2D eigenvalue weighted by Gasteiger charge is -2.28. The zero-order chi connectivity index (χ0) is 16.4. The Hall–Kier alpha value is -2.52. The fraction of sp³-hybridized carbons (Fsp3) is 0.143. The number of ketones is 1. The van der Waals surface area contributed by atoms with Gasteiger partial charge in [-0.05, 0) is 24.4 Å². The van der Waals surface area contributed by atoms with Crippen molar-refractivity contribution in [3.8, 4) is 0 Å². The molecule has 3 rings (SSSR count). The van der Waals surface area contributed by atoms with Crippen LogP contribution < -0.4 is 10.6 Å². The quantitative estimate of drug-likeness (QED) is 0.488. The van der Waals surface area contributed by atoms with Gasteiger partial charge in [0.25, 0.3) is 0 Å². The van der Waals surface area contributed by atoms with Crippen LogP contribution in [0.5, 0.6) is 0 Å². The maximum absolute atomic E-state index is 12.8. The van der Waals surface area contributed by atoms with Crippen LogP contribution in [0.2, 0.25) is 0 Å². The predicted molar refractivity (Wildman–Crippen MR) is 85.8 cm³/mol. The highest BCUT2D eigenvalue weighted by Crippen LogP contribution is 2.29. The van der Waals surface area contributed by atoms with E-state index in [1.165, 1.54) is 30.8 Å². The maximum atomic E-state index is 12.8. The van der Waals surface area contributed by atoms with Gasteiger partial charge in [-0.25, -0.2) is 9.78 Å². The molecule has 0 saturated carbocycles. The van der Waals surface area contributed by atoms with Gasteiger partial charge in [0.2, 0.25) is 5.78 Å². The minimum Gasteiger partial charge on any atom is -0.464 e. The second kappa shape index (κ2) is 6.31. The second-order valence-corrected chi connectivity index (χ2v) is 5.66. The number of carbonyl (C=O) groups excluding carboxylic acids is 2. The van der Waals surface area contributed by atoms with Crippen molar-refractivity contribution in [2.75, 3.05) is 7.11 Å². The van der Waals surface area contributed by atoms with Crippen molar-refractivity contribution in [3.05, 3.63) is 52.0 Å². The summed E-state index contributed by atoms with van der Waals surface area (Å²) in [6.07, 6.45) is 1.39. The number of furan rings is 1. The monoisotopic (exact) mass is 349 g/mol. The highest BCUT2D eigenvalue weighted by atomic mass is 32.1. The van der Waals surface area contributed by atoms with E-state index in [-0.39, 0.29) is 22.1 Å². The third-order valence-electron chi connectivity index (χ3n) is 3.20. The molecule has 0 bridgehead atoms. The number of nitrogens with zero attached hydrogens (tertiary/aromatic N) is 1. The second-order valence-electron chi connectivity index (χ2n) is 4.53. The van der Waals surface area contributed by atoms with Crippen molar-refractivity contribution < 1.29 is 18.7 Å². The van der Waals surface area contributed by atoms with E-state index >= 15 is 0 Å². The third-order valence-corrected chi connectivity index (χ3v) is 4.02. The van der Waals surface area contributed by atoms with E-state index in [9.17, 15) is 9.59 Å². The number of thiocarbonyl (C=S) groups is 1. The number of rotatable bonds is 4. The Kier molecular flexibility index (Phi) is 4.22. The van der Waals surface area contributed by atoms with Crippen LogP contribution in [0, 0.1) is 0 Å². The molecule has 0 saturated heterocycles. The van der Waals surface area contributed by atoms with Crippen molar-refractivity contribution in [2.24, 2.45) is 0 Å². The number of Topliss-reactive ketones (excluding diaryl/α,β-unsaturated/α-hetero) is 1. The zero-order valence-electron chi connectivity index (χ0n) is 11.9. The van der Waals surface area contributed by atoms with Crippen molar-refractivity contribution >= 4 is 40.4 Å². The van der Waals surface area contributed by atoms with E-state index in [4.69, 9.17) is 21.4 Å². The van der Waals surface area contributed by atoms with Crippen LogP contribution in [-0.2, 0) is 9.53 Å². The summed E-state index contributed by atoms with van der Waals surface area (Å²) in [5, 5.41) is 7.63. The van der Waals surface area contributed by atoms with Crippen molar-refractivity contribution in [1.29, 1.82) is 0 Å². The number of thiazole rings is 1. The third kappa shape index (κ3) is 2.88. The van der Waals surface area contributed by atoms with Crippen LogP contribution in [0.1, 0.15) is 22.3 Å². The summed E-state index contributed by atoms with van der Waals surface area (Å²) in [6.45, 7) is 0. The Bertz CT molecular complexity index is 781. The van der Waals surface area contributed by atoms with E-state index in [1.807, 2.05) is 0 Å². The van der Waals surface area contributed by atoms with E-state index < -0.39 is 17.8 Å². The SMILES string of the molecule is COC(=O)C1=C(C(=O)c2ccco2)[C@@H](c2cscn2)NC(=S)N1. The molecule has 2 aromatic rings. The molecule has 9 heteroatoms. The molecule has 1 atom stereocenters. The lowest BCUT2D eigenvalue weighted by Crippen LogP contribution is -2.47. The summed E-state index contributed by atoms with van der Waals surface area (Å²) < 4.78 is 9.91. The summed E-state index contributed by atoms with van der Waals surface area (Å²) in [5.41, 5.74) is 2.34. The molecule has 3 heterocycles. The average molecular weight is 349 g/mol. The van der Waals surface area contributed by atoms with E-state index in [0.717, 1.165) is 0 Å². The zero-order valence-corrected chi connectivity index (χ0v) is 13.5. The molecule has 2 aromatic heterocycles. The smallest absolute Gasteiger partial charge is 0.355 e. The number of ether oxygens (including phenoxy) is 1. The number of hydrogen-bond acceptors (Lipinski definition) is 7. The molecule has 2 N–H and O–H groups in total. The molecule has 23 heavy (non-hydrogen) atoms. The van der Waals surface area contributed by atoms with Gasteiger partial charge in [-0.15, -0.1) is 11.3 Å². The Morgan fingerprint density at radius 1 is 1.48 bits per heavy atom. The molecular weight excluding hydrogens is 338 g/mol. The Morgan fingerprint density at radius 3 is 2.91 bits per heavy atom. The molecule has 1 aliphatic heterocycles. The van der Waals surface area contributed by atoms with Gasteiger partial charge in [0.1, 0.15) is 11.7 Å². The van der Waals surface area contributed by atoms with Gasteiger partial charge in [-0.1, -0.05) is 0 Å². The molecule has 0 fully saturated rings. The molecule has 0 spiro atoms. The molecular formula is C14H11N3O4S2. The number of aromatic nitrogens is 1. The average Bonchev–Trinajstić information content (AvgIpc) is 3.25. The topological polar surface area (TPSA) is 93.5 Å². The van der Waals surface area contributed by atoms with Crippen LogP contribution in [0.3, 0.4) is 0 Å². The first-order chi connectivity index (χ1) is 11.1. The summed E-state index contributed by atoms with van der Waals surface area (Å²) in [5.74, 6) is -1.03. The van der Waals surface area contributed by atoms with E-state index in [1.54, 1.807) is 17.0 Å². The Morgan fingerprint density at radius 2 is 2.30 bits per heavy atom. The first-order valence-corrected chi connectivity index (χ1v) is 7.83. The van der Waals surface area contributed by atoms with Crippen LogP contribution in [-0.4, -0.2) is 29.0 Å².